The van der Waals surface area contributed by atoms with Crippen molar-refractivity contribution in [3.05, 3.63) is 94.4 Å². The summed E-state index contributed by atoms with van der Waals surface area (Å²) in [6, 6.07) is 22.4. The number of ether oxygens (including phenoxy) is 2. The molecule has 0 unspecified atom stereocenters. The highest BCUT2D eigenvalue weighted by atomic mass is 32.1. The largest absolute Gasteiger partial charge is 0.468 e. The van der Waals surface area contributed by atoms with Crippen molar-refractivity contribution in [2.75, 3.05) is 7.11 Å². The van der Waals surface area contributed by atoms with E-state index in [1.807, 2.05) is 66.7 Å². The van der Waals surface area contributed by atoms with Gasteiger partial charge in [-0.25, -0.2) is 5.48 Å². The number of nitrogens with one attached hydrogen (secondary N) is 2. The van der Waals surface area contributed by atoms with Gasteiger partial charge >= 0.3 is 5.97 Å². The van der Waals surface area contributed by atoms with Crippen molar-refractivity contribution < 1.29 is 24.3 Å². The number of hydrogen-bond acceptors (Lipinski definition) is 8. The van der Waals surface area contributed by atoms with Gasteiger partial charge in [-0.3, -0.25) is 14.8 Å². The number of carbonyl (C=O) groups is 2. The minimum absolute atomic E-state index is 0.401. The monoisotopic (exact) mass is 505 g/mol. The van der Waals surface area contributed by atoms with E-state index in [4.69, 9.17) is 15.7 Å². The molecule has 186 valence electrons. The van der Waals surface area contributed by atoms with E-state index >= 15 is 0 Å². The molecule has 0 spiro atoms. The summed E-state index contributed by atoms with van der Waals surface area (Å²) in [6.45, 7) is 1.37. The summed E-state index contributed by atoms with van der Waals surface area (Å²) in [5.74, 6) is 0.487. The first-order valence-corrected chi connectivity index (χ1v) is 12.1. The zero-order valence-corrected chi connectivity index (χ0v) is 20.5. The van der Waals surface area contributed by atoms with Gasteiger partial charge < -0.3 is 20.5 Å². The molecule has 3 aromatic carbocycles. The molecule has 0 radical (unpaired) electrons. The fourth-order valence-electron chi connectivity index (χ4n) is 3.70. The summed E-state index contributed by atoms with van der Waals surface area (Å²) >= 11 is 1.34. The van der Waals surface area contributed by atoms with E-state index in [-0.39, 0.29) is 0 Å². The average molecular weight is 506 g/mol. The maximum atomic E-state index is 11.6. The second-order valence-corrected chi connectivity index (χ2v) is 9.33. The topological polar surface area (TPSA) is 123 Å². The van der Waals surface area contributed by atoms with E-state index < -0.39 is 17.9 Å². The highest BCUT2D eigenvalue weighted by Gasteiger charge is 2.14. The van der Waals surface area contributed by atoms with Gasteiger partial charge in [-0.15, -0.1) is 11.3 Å². The molecule has 4 aromatic rings. The lowest BCUT2D eigenvalue weighted by Crippen LogP contribution is -2.33. The summed E-state index contributed by atoms with van der Waals surface area (Å²) < 4.78 is 11.6. The Labute approximate surface area is 212 Å². The van der Waals surface area contributed by atoms with Gasteiger partial charge in [0.15, 0.2) is 0 Å². The van der Waals surface area contributed by atoms with E-state index in [1.165, 1.54) is 18.4 Å². The Bertz CT molecular complexity index is 1340. The third-order valence-corrected chi connectivity index (χ3v) is 6.71. The number of nitrogens with two attached hydrogens (primary N) is 1. The van der Waals surface area contributed by atoms with Crippen LogP contribution in [0.4, 0.5) is 0 Å². The molecule has 0 aliphatic rings. The SMILES string of the molecule is COC(=O)[C@@H](N)Cc1ccc(Oc2ccc(CNCc3ccc4cc(C(=O)NO)sc4c3)cc2)cc1. The molecule has 5 N–H and O–H groups in total. The molecule has 4 rings (SSSR count). The first-order chi connectivity index (χ1) is 17.4. The van der Waals surface area contributed by atoms with Gasteiger partial charge in [-0.2, -0.15) is 0 Å². The van der Waals surface area contributed by atoms with Crippen LogP contribution in [0.3, 0.4) is 0 Å². The van der Waals surface area contributed by atoms with E-state index in [2.05, 4.69) is 10.1 Å². The molecule has 1 amide bonds. The average Bonchev–Trinajstić information content (AvgIpc) is 3.33. The number of thiophene rings is 1. The normalized spacial score (nSPS) is 11.8. The smallest absolute Gasteiger partial charge is 0.322 e. The standard InChI is InChI=1S/C27H27N3O5S/c1-34-27(32)23(28)12-17-3-8-21(9-4-17)35-22-10-5-18(6-11-22)15-29-16-19-2-7-20-14-25(26(31)30-33)36-24(20)13-19/h2-11,13-14,23,29,33H,12,15-16,28H2,1H3,(H,30,31)/t23-/m0/s1. The Kier molecular flexibility index (Phi) is 8.29. The molecule has 0 saturated carbocycles. The lowest BCUT2D eigenvalue weighted by atomic mass is 10.1. The lowest BCUT2D eigenvalue weighted by molar-refractivity contribution is -0.142. The van der Waals surface area contributed by atoms with Crippen molar-refractivity contribution in [2.24, 2.45) is 5.73 Å². The molecule has 8 nitrogen and oxygen atoms in total. The minimum atomic E-state index is -0.686. The Morgan fingerprint density at radius 1 is 0.917 bits per heavy atom. The fourth-order valence-corrected chi connectivity index (χ4v) is 4.71. The first kappa shape index (κ1) is 25.3. The number of hydroxylamine groups is 1. The van der Waals surface area contributed by atoms with Crippen molar-refractivity contribution in [3.8, 4) is 11.5 Å². The van der Waals surface area contributed by atoms with Crippen LogP contribution in [0, 0.1) is 0 Å². The highest BCUT2D eigenvalue weighted by molar-refractivity contribution is 7.20. The molecule has 1 heterocycles. The van der Waals surface area contributed by atoms with Crippen LogP contribution in [0.1, 0.15) is 26.4 Å². The van der Waals surface area contributed by atoms with Gasteiger partial charge in [0.2, 0.25) is 0 Å². The van der Waals surface area contributed by atoms with E-state index in [0.717, 1.165) is 32.5 Å². The maximum absolute atomic E-state index is 11.6. The number of amides is 1. The minimum Gasteiger partial charge on any atom is -0.468 e. The quantitative estimate of drug-likeness (QED) is 0.145. The van der Waals surface area contributed by atoms with Crippen LogP contribution in [-0.2, 0) is 29.0 Å². The van der Waals surface area contributed by atoms with Crippen LogP contribution < -0.4 is 21.3 Å². The van der Waals surface area contributed by atoms with Crippen LogP contribution in [-0.4, -0.2) is 30.2 Å². The number of esters is 1. The zero-order chi connectivity index (χ0) is 25.5. The molecule has 1 atom stereocenters. The zero-order valence-electron chi connectivity index (χ0n) is 19.7. The van der Waals surface area contributed by atoms with Gasteiger partial charge in [0.25, 0.3) is 5.91 Å². The van der Waals surface area contributed by atoms with Crippen molar-refractivity contribution in [1.82, 2.24) is 10.8 Å². The molecule has 0 aliphatic heterocycles. The van der Waals surface area contributed by atoms with Crippen LogP contribution in [0.25, 0.3) is 10.1 Å². The number of benzene rings is 3. The second kappa shape index (κ2) is 11.8. The molecule has 9 heteroatoms. The number of carbonyl (C=O) groups excluding carboxylic acids is 2. The summed E-state index contributed by atoms with van der Waals surface area (Å²) in [5.41, 5.74) is 10.6. The first-order valence-electron chi connectivity index (χ1n) is 11.3. The van der Waals surface area contributed by atoms with Crippen LogP contribution in [0.15, 0.2) is 72.8 Å². The van der Waals surface area contributed by atoms with Gasteiger partial charge in [-0.1, -0.05) is 36.4 Å². The van der Waals surface area contributed by atoms with Gasteiger partial charge in [-0.05, 0) is 64.9 Å². The van der Waals surface area contributed by atoms with E-state index in [1.54, 1.807) is 11.5 Å². The molecular weight excluding hydrogens is 478 g/mol. The summed E-state index contributed by atoms with van der Waals surface area (Å²) in [7, 11) is 1.32. The van der Waals surface area contributed by atoms with Gasteiger partial charge in [0, 0.05) is 17.8 Å². The maximum Gasteiger partial charge on any atom is 0.322 e. The van der Waals surface area contributed by atoms with Gasteiger partial charge in [0.1, 0.15) is 17.5 Å². The third-order valence-electron chi connectivity index (χ3n) is 5.61. The Balaban J connectivity index is 1.27. The molecule has 1 aromatic heterocycles. The van der Waals surface area contributed by atoms with Crippen LogP contribution >= 0.6 is 11.3 Å². The number of hydrogen-bond donors (Lipinski definition) is 4. The number of fused-ring (bicyclic) bond motifs is 1. The van der Waals surface area contributed by atoms with Crippen molar-refractivity contribution in [3.63, 3.8) is 0 Å². The Morgan fingerprint density at radius 2 is 1.53 bits per heavy atom. The fraction of sp³-hybridized carbons (Fsp3) is 0.185. The third kappa shape index (κ3) is 6.46. The Morgan fingerprint density at radius 3 is 2.17 bits per heavy atom. The molecule has 0 saturated heterocycles. The molecule has 0 bridgehead atoms. The molecule has 0 fully saturated rings. The second-order valence-electron chi connectivity index (χ2n) is 8.25. The van der Waals surface area contributed by atoms with Crippen LogP contribution in [0.5, 0.6) is 11.5 Å². The lowest BCUT2D eigenvalue weighted by Gasteiger charge is -2.11. The van der Waals surface area contributed by atoms with Crippen molar-refractivity contribution in [2.45, 2.75) is 25.6 Å². The van der Waals surface area contributed by atoms with Crippen LogP contribution in [0.2, 0.25) is 0 Å². The van der Waals surface area contributed by atoms with E-state index in [0.29, 0.717) is 30.1 Å². The summed E-state index contributed by atoms with van der Waals surface area (Å²) in [4.78, 5) is 23.6. The predicted molar refractivity (Wildman–Crippen MR) is 138 cm³/mol. The molecule has 0 aliphatic carbocycles. The molecule has 36 heavy (non-hydrogen) atoms. The summed E-state index contributed by atoms with van der Waals surface area (Å²) in [5, 5.41) is 13.2. The number of methoxy groups -OCH3 is 1. The number of rotatable bonds is 10. The predicted octanol–water partition coefficient (Wildman–Crippen LogP) is 4.15. The van der Waals surface area contributed by atoms with Crippen molar-refractivity contribution in [1.29, 1.82) is 0 Å². The highest BCUT2D eigenvalue weighted by Crippen LogP contribution is 2.27. The Hall–Kier alpha value is -3.76. The summed E-state index contributed by atoms with van der Waals surface area (Å²) in [6.07, 6.45) is 0.401. The van der Waals surface area contributed by atoms with Crippen molar-refractivity contribution >= 4 is 33.3 Å². The van der Waals surface area contributed by atoms with E-state index in [9.17, 15) is 9.59 Å². The van der Waals surface area contributed by atoms with Gasteiger partial charge in [0.05, 0.1) is 12.0 Å². The molecular formula is C27H27N3O5S.